The fraction of sp³-hybridized carbons (Fsp3) is 0.467. The Morgan fingerprint density at radius 3 is 2.89 bits per heavy atom. The van der Waals surface area contributed by atoms with E-state index >= 15 is 0 Å². The molecule has 0 aromatic heterocycles. The number of hydrogen-bond acceptors (Lipinski definition) is 2. The first-order valence-electron chi connectivity index (χ1n) is 6.71. The molecule has 0 radical (unpaired) electrons. The number of hydrogen-bond donors (Lipinski definition) is 1. The zero-order valence-corrected chi connectivity index (χ0v) is 11.5. The van der Waals surface area contributed by atoms with E-state index in [1.165, 1.54) is 11.1 Å². The second-order valence-electron chi connectivity index (χ2n) is 4.98. The van der Waals surface area contributed by atoms with Gasteiger partial charge < -0.3 is 10.2 Å². The molecule has 0 spiro atoms. The van der Waals surface area contributed by atoms with E-state index in [0.29, 0.717) is 19.5 Å². The van der Waals surface area contributed by atoms with Crippen LogP contribution >= 0.6 is 0 Å². The van der Waals surface area contributed by atoms with Crippen LogP contribution in [0.5, 0.6) is 0 Å². The Labute approximate surface area is 113 Å². The Morgan fingerprint density at radius 2 is 2.16 bits per heavy atom. The summed E-state index contributed by atoms with van der Waals surface area (Å²) in [5.41, 5.74) is 2.41. The molecule has 2 rings (SSSR count). The number of carbonyl (C=O) groups excluding carboxylic acids is 2. The van der Waals surface area contributed by atoms with Crippen LogP contribution in [0.25, 0.3) is 0 Å². The first-order chi connectivity index (χ1) is 9.09. The standard InChI is InChI=1S/C15H20N2O2/c1-11-5-3-4-6-13(11)7-8-14(18)17-10-9-16-15(19)12(17)2/h3-6,12H,7-10H2,1-2H3,(H,16,19). The highest BCUT2D eigenvalue weighted by Gasteiger charge is 2.28. The number of nitrogens with zero attached hydrogens (tertiary/aromatic N) is 1. The maximum absolute atomic E-state index is 12.2. The Bertz CT molecular complexity index is 485. The molecule has 0 bridgehead atoms. The maximum Gasteiger partial charge on any atom is 0.242 e. The van der Waals surface area contributed by atoms with Gasteiger partial charge in [0.05, 0.1) is 0 Å². The lowest BCUT2D eigenvalue weighted by Crippen LogP contribution is -2.55. The van der Waals surface area contributed by atoms with Crippen LogP contribution < -0.4 is 5.32 Å². The summed E-state index contributed by atoms with van der Waals surface area (Å²) in [5, 5.41) is 2.77. The van der Waals surface area contributed by atoms with Gasteiger partial charge in [-0.2, -0.15) is 0 Å². The molecule has 1 fully saturated rings. The predicted octanol–water partition coefficient (Wildman–Crippen LogP) is 1.27. The summed E-state index contributed by atoms with van der Waals surface area (Å²) in [6.45, 7) is 5.00. The van der Waals surface area contributed by atoms with E-state index in [1.54, 1.807) is 11.8 Å². The summed E-state index contributed by atoms with van der Waals surface area (Å²) in [6.07, 6.45) is 1.19. The zero-order chi connectivity index (χ0) is 13.8. The number of piperazine rings is 1. The third-order valence-corrected chi connectivity index (χ3v) is 3.69. The highest BCUT2D eigenvalue weighted by atomic mass is 16.2. The van der Waals surface area contributed by atoms with Gasteiger partial charge in [0.2, 0.25) is 11.8 Å². The van der Waals surface area contributed by atoms with Gasteiger partial charge in [-0.25, -0.2) is 0 Å². The Morgan fingerprint density at radius 1 is 1.42 bits per heavy atom. The molecule has 102 valence electrons. The van der Waals surface area contributed by atoms with Crippen molar-refractivity contribution in [1.29, 1.82) is 0 Å². The van der Waals surface area contributed by atoms with E-state index in [0.717, 1.165) is 6.42 Å². The second-order valence-corrected chi connectivity index (χ2v) is 4.98. The highest BCUT2D eigenvalue weighted by Crippen LogP contribution is 2.12. The molecule has 1 saturated heterocycles. The number of rotatable bonds is 3. The SMILES string of the molecule is Cc1ccccc1CCC(=O)N1CCNC(=O)C1C. The summed E-state index contributed by atoms with van der Waals surface area (Å²) in [4.78, 5) is 25.4. The summed E-state index contributed by atoms with van der Waals surface area (Å²) in [6, 6.07) is 7.74. The van der Waals surface area contributed by atoms with E-state index in [4.69, 9.17) is 0 Å². The van der Waals surface area contributed by atoms with E-state index in [-0.39, 0.29) is 17.9 Å². The second kappa shape index (κ2) is 5.87. The van der Waals surface area contributed by atoms with Crippen molar-refractivity contribution < 1.29 is 9.59 Å². The minimum Gasteiger partial charge on any atom is -0.353 e. The van der Waals surface area contributed by atoms with Crippen LogP contribution in [-0.2, 0) is 16.0 Å². The lowest BCUT2D eigenvalue weighted by atomic mass is 10.0. The number of carbonyl (C=O) groups is 2. The van der Waals surface area contributed by atoms with E-state index in [9.17, 15) is 9.59 Å². The summed E-state index contributed by atoms with van der Waals surface area (Å²) < 4.78 is 0. The van der Waals surface area contributed by atoms with Gasteiger partial charge in [0.15, 0.2) is 0 Å². The zero-order valence-electron chi connectivity index (χ0n) is 11.5. The minimum absolute atomic E-state index is 0.0597. The predicted molar refractivity (Wildman–Crippen MR) is 73.7 cm³/mol. The molecule has 1 atom stereocenters. The van der Waals surface area contributed by atoms with E-state index in [1.807, 2.05) is 12.1 Å². The molecular weight excluding hydrogens is 240 g/mol. The number of benzene rings is 1. The molecule has 1 aliphatic rings. The smallest absolute Gasteiger partial charge is 0.242 e. The summed E-state index contributed by atoms with van der Waals surface area (Å²) in [5.74, 6) is 0.00101. The molecule has 1 heterocycles. The molecule has 1 N–H and O–H groups in total. The normalized spacial score (nSPS) is 19.2. The molecule has 0 saturated carbocycles. The average molecular weight is 260 g/mol. The van der Waals surface area contributed by atoms with Crippen molar-refractivity contribution in [2.24, 2.45) is 0 Å². The van der Waals surface area contributed by atoms with Crippen molar-refractivity contribution in [1.82, 2.24) is 10.2 Å². The van der Waals surface area contributed by atoms with Crippen molar-refractivity contribution in [2.75, 3.05) is 13.1 Å². The van der Waals surface area contributed by atoms with Crippen molar-refractivity contribution in [3.8, 4) is 0 Å². The fourth-order valence-electron chi connectivity index (χ4n) is 2.40. The lowest BCUT2D eigenvalue weighted by Gasteiger charge is -2.33. The highest BCUT2D eigenvalue weighted by molar-refractivity contribution is 5.88. The quantitative estimate of drug-likeness (QED) is 0.890. The third-order valence-electron chi connectivity index (χ3n) is 3.69. The molecule has 1 unspecified atom stereocenters. The van der Waals surface area contributed by atoms with Gasteiger partial charge >= 0.3 is 0 Å². The van der Waals surface area contributed by atoms with Crippen molar-refractivity contribution in [3.05, 3.63) is 35.4 Å². The molecule has 1 aromatic carbocycles. The molecule has 19 heavy (non-hydrogen) atoms. The van der Waals surface area contributed by atoms with Gasteiger partial charge in [-0.15, -0.1) is 0 Å². The number of nitrogens with one attached hydrogen (secondary N) is 1. The molecule has 4 nitrogen and oxygen atoms in total. The van der Waals surface area contributed by atoms with Gasteiger partial charge in [0, 0.05) is 19.5 Å². The Balaban J connectivity index is 1.94. The van der Waals surface area contributed by atoms with Gasteiger partial charge in [-0.3, -0.25) is 9.59 Å². The van der Waals surface area contributed by atoms with Crippen LogP contribution in [0.1, 0.15) is 24.5 Å². The Hall–Kier alpha value is -1.84. The van der Waals surface area contributed by atoms with Crippen LogP contribution in [-0.4, -0.2) is 35.8 Å². The fourth-order valence-corrected chi connectivity index (χ4v) is 2.40. The molecule has 1 aliphatic heterocycles. The van der Waals surface area contributed by atoms with Crippen molar-refractivity contribution >= 4 is 11.8 Å². The van der Waals surface area contributed by atoms with E-state index in [2.05, 4.69) is 24.4 Å². The van der Waals surface area contributed by atoms with Gasteiger partial charge in [0.25, 0.3) is 0 Å². The monoisotopic (exact) mass is 260 g/mol. The van der Waals surface area contributed by atoms with Crippen molar-refractivity contribution in [2.45, 2.75) is 32.7 Å². The first kappa shape index (κ1) is 13.6. The largest absolute Gasteiger partial charge is 0.353 e. The van der Waals surface area contributed by atoms with Gasteiger partial charge in [-0.05, 0) is 31.4 Å². The van der Waals surface area contributed by atoms with Crippen LogP contribution in [0.15, 0.2) is 24.3 Å². The van der Waals surface area contributed by atoms with Crippen LogP contribution in [0.4, 0.5) is 0 Å². The minimum atomic E-state index is -0.349. The van der Waals surface area contributed by atoms with Crippen LogP contribution in [0.3, 0.4) is 0 Å². The lowest BCUT2D eigenvalue weighted by molar-refractivity contribution is -0.142. The average Bonchev–Trinajstić information content (AvgIpc) is 2.40. The molecule has 0 aliphatic carbocycles. The number of amides is 2. The topological polar surface area (TPSA) is 49.4 Å². The van der Waals surface area contributed by atoms with Gasteiger partial charge in [-0.1, -0.05) is 24.3 Å². The molecule has 2 amide bonds. The van der Waals surface area contributed by atoms with Crippen molar-refractivity contribution in [3.63, 3.8) is 0 Å². The van der Waals surface area contributed by atoms with Crippen LogP contribution in [0.2, 0.25) is 0 Å². The summed E-state index contributed by atoms with van der Waals surface area (Å²) in [7, 11) is 0. The third kappa shape index (κ3) is 3.13. The van der Waals surface area contributed by atoms with Gasteiger partial charge in [0.1, 0.15) is 6.04 Å². The van der Waals surface area contributed by atoms with E-state index < -0.39 is 0 Å². The molecule has 1 aromatic rings. The number of aryl methyl sites for hydroxylation is 2. The Kier molecular flexibility index (Phi) is 4.20. The maximum atomic E-state index is 12.2. The van der Waals surface area contributed by atoms with Crippen LogP contribution in [0, 0.1) is 6.92 Å². The molecular formula is C15H20N2O2. The summed E-state index contributed by atoms with van der Waals surface area (Å²) >= 11 is 0. The molecule has 4 heteroatoms. The first-order valence-corrected chi connectivity index (χ1v) is 6.71.